The van der Waals surface area contributed by atoms with Crippen LogP contribution in [0.3, 0.4) is 0 Å². The first-order valence-electron chi connectivity index (χ1n) is 7.75. The van der Waals surface area contributed by atoms with Gasteiger partial charge in [-0.2, -0.15) is 0 Å². The number of carbonyl (C=O) groups excluding carboxylic acids is 1. The summed E-state index contributed by atoms with van der Waals surface area (Å²) in [6, 6.07) is 0. The van der Waals surface area contributed by atoms with Gasteiger partial charge in [0.15, 0.2) is 0 Å². The lowest BCUT2D eigenvalue weighted by molar-refractivity contribution is -0.128. The molecule has 0 aromatic heterocycles. The molecule has 1 saturated heterocycles. The summed E-state index contributed by atoms with van der Waals surface area (Å²) in [5.74, 6) is 0.162. The summed E-state index contributed by atoms with van der Waals surface area (Å²) in [5, 5.41) is 0. The number of nitrogens with zero attached hydrogens (tertiary/aromatic N) is 2. The second kappa shape index (κ2) is 9.14. The van der Waals surface area contributed by atoms with Gasteiger partial charge < -0.3 is 14.5 Å². The zero-order valence-electron chi connectivity index (χ0n) is 13.5. The van der Waals surface area contributed by atoms with E-state index in [2.05, 4.69) is 25.9 Å². The van der Waals surface area contributed by atoms with Crippen molar-refractivity contribution >= 4 is 5.91 Å². The van der Waals surface area contributed by atoms with Crippen LogP contribution in [0.1, 0.15) is 39.5 Å². The average molecular weight is 282 g/mol. The highest BCUT2D eigenvalue weighted by Crippen LogP contribution is 2.15. The minimum Gasteiger partial charge on any atom is -0.378 e. The van der Waals surface area contributed by atoms with E-state index in [0.717, 1.165) is 57.5 Å². The normalized spacial score (nSPS) is 17.9. The van der Waals surface area contributed by atoms with Crippen LogP contribution in [0.15, 0.2) is 11.6 Å². The Bertz CT molecular complexity index is 318. The smallest absolute Gasteiger partial charge is 0.246 e. The number of rotatable bonds is 7. The maximum Gasteiger partial charge on any atom is 0.246 e. The largest absolute Gasteiger partial charge is 0.378 e. The van der Waals surface area contributed by atoms with Crippen molar-refractivity contribution in [2.24, 2.45) is 0 Å². The molecule has 1 aliphatic rings. The van der Waals surface area contributed by atoms with Crippen LogP contribution in [-0.2, 0) is 9.53 Å². The highest BCUT2D eigenvalue weighted by molar-refractivity contribution is 5.88. The van der Waals surface area contributed by atoms with Gasteiger partial charge in [-0.15, -0.1) is 0 Å². The van der Waals surface area contributed by atoms with Gasteiger partial charge in [0.05, 0.1) is 6.10 Å². The molecule has 0 atom stereocenters. The monoisotopic (exact) mass is 282 g/mol. The quantitative estimate of drug-likeness (QED) is 0.530. The topological polar surface area (TPSA) is 32.8 Å². The Kier molecular flexibility index (Phi) is 7.85. The molecule has 116 valence electrons. The molecule has 0 aromatic carbocycles. The predicted molar refractivity (Wildman–Crippen MR) is 82.8 cm³/mol. The molecule has 0 saturated carbocycles. The second-order valence-electron chi connectivity index (χ2n) is 5.90. The average Bonchev–Trinajstić information content (AvgIpc) is 2.43. The van der Waals surface area contributed by atoms with Gasteiger partial charge in [-0.05, 0) is 53.2 Å². The van der Waals surface area contributed by atoms with E-state index in [1.807, 2.05) is 11.8 Å². The summed E-state index contributed by atoms with van der Waals surface area (Å²) in [6.07, 6.45) is 6.05. The summed E-state index contributed by atoms with van der Waals surface area (Å²) in [7, 11) is 4.16. The van der Waals surface area contributed by atoms with Crippen LogP contribution in [0, 0.1) is 0 Å². The van der Waals surface area contributed by atoms with Gasteiger partial charge in [0.2, 0.25) is 5.91 Å². The van der Waals surface area contributed by atoms with Crippen LogP contribution < -0.4 is 0 Å². The molecule has 1 amide bonds. The van der Waals surface area contributed by atoms with E-state index in [9.17, 15) is 4.79 Å². The van der Waals surface area contributed by atoms with Crippen LogP contribution in [0.25, 0.3) is 0 Å². The van der Waals surface area contributed by atoms with Crippen molar-refractivity contribution in [1.82, 2.24) is 9.80 Å². The first kappa shape index (κ1) is 17.2. The van der Waals surface area contributed by atoms with E-state index in [1.165, 1.54) is 0 Å². The van der Waals surface area contributed by atoms with Crippen molar-refractivity contribution in [3.8, 4) is 0 Å². The van der Waals surface area contributed by atoms with E-state index >= 15 is 0 Å². The number of carbonyl (C=O) groups is 1. The van der Waals surface area contributed by atoms with Crippen molar-refractivity contribution in [2.75, 3.05) is 40.3 Å². The van der Waals surface area contributed by atoms with Crippen LogP contribution in [0.5, 0.6) is 0 Å². The Morgan fingerprint density at radius 3 is 2.55 bits per heavy atom. The third kappa shape index (κ3) is 6.53. The van der Waals surface area contributed by atoms with E-state index in [1.54, 1.807) is 6.08 Å². The van der Waals surface area contributed by atoms with Gasteiger partial charge in [-0.3, -0.25) is 4.79 Å². The number of likely N-dealkylation sites (tertiary alicyclic amines) is 1. The molecule has 4 nitrogen and oxygen atoms in total. The van der Waals surface area contributed by atoms with Gasteiger partial charge >= 0.3 is 0 Å². The summed E-state index contributed by atoms with van der Waals surface area (Å²) in [6.45, 7) is 7.63. The minimum atomic E-state index is 0.162. The Labute approximate surface area is 123 Å². The molecule has 0 N–H and O–H groups in total. The number of hydrogen-bond acceptors (Lipinski definition) is 3. The molecule has 4 heteroatoms. The fraction of sp³-hybridized carbons (Fsp3) is 0.812. The zero-order chi connectivity index (χ0) is 15.0. The van der Waals surface area contributed by atoms with Gasteiger partial charge in [0.1, 0.15) is 0 Å². The highest BCUT2D eigenvalue weighted by atomic mass is 16.5. The molecule has 1 heterocycles. The summed E-state index contributed by atoms with van der Waals surface area (Å²) in [5.41, 5.74) is 1.15. The van der Waals surface area contributed by atoms with Crippen LogP contribution >= 0.6 is 0 Å². The third-order valence-electron chi connectivity index (χ3n) is 3.78. The van der Waals surface area contributed by atoms with E-state index < -0.39 is 0 Å². The SMILES string of the molecule is CC/C(C)=C/C(=O)N1CCC(OCCCN(C)C)CC1. The molecule has 20 heavy (non-hydrogen) atoms. The number of hydrogen-bond donors (Lipinski definition) is 0. The van der Waals surface area contributed by atoms with Gasteiger partial charge in [0.25, 0.3) is 0 Å². The molecule has 0 aromatic rings. The van der Waals surface area contributed by atoms with E-state index in [0.29, 0.717) is 6.10 Å². The summed E-state index contributed by atoms with van der Waals surface area (Å²) >= 11 is 0. The van der Waals surface area contributed by atoms with E-state index in [-0.39, 0.29) is 5.91 Å². The van der Waals surface area contributed by atoms with Crippen molar-refractivity contribution in [1.29, 1.82) is 0 Å². The third-order valence-corrected chi connectivity index (χ3v) is 3.78. The summed E-state index contributed by atoms with van der Waals surface area (Å²) < 4.78 is 5.88. The second-order valence-corrected chi connectivity index (χ2v) is 5.90. The number of allylic oxidation sites excluding steroid dienone is 1. The molecule has 0 unspecified atom stereocenters. The highest BCUT2D eigenvalue weighted by Gasteiger charge is 2.21. The van der Waals surface area contributed by atoms with Crippen LogP contribution in [0.2, 0.25) is 0 Å². The van der Waals surface area contributed by atoms with Gasteiger partial charge in [-0.1, -0.05) is 12.5 Å². The lowest BCUT2D eigenvalue weighted by atomic mass is 10.1. The van der Waals surface area contributed by atoms with Crippen LogP contribution in [0.4, 0.5) is 0 Å². The molecule has 0 radical (unpaired) electrons. The molecular formula is C16H30N2O2. The van der Waals surface area contributed by atoms with Crippen molar-refractivity contribution in [3.05, 3.63) is 11.6 Å². The van der Waals surface area contributed by atoms with Gasteiger partial charge in [0, 0.05) is 25.8 Å². The first-order valence-corrected chi connectivity index (χ1v) is 7.75. The first-order chi connectivity index (χ1) is 9.52. The molecule has 1 rings (SSSR count). The van der Waals surface area contributed by atoms with Crippen molar-refractivity contribution in [3.63, 3.8) is 0 Å². The molecular weight excluding hydrogens is 252 g/mol. The Hall–Kier alpha value is -0.870. The molecule has 0 bridgehead atoms. The molecule has 0 spiro atoms. The number of ether oxygens (including phenoxy) is 1. The fourth-order valence-electron chi connectivity index (χ4n) is 2.28. The Morgan fingerprint density at radius 2 is 2.00 bits per heavy atom. The molecule has 1 fully saturated rings. The number of piperidine rings is 1. The lowest BCUT2D eigenvalue weighted by Gasteiger charge is -2.31. The van der Waals surface area contributed by atoms with Crippen molar-refractivity contribution in [2.45, 2.75) is 45.6 Å². The minimum absolute atomic E-state index is 0.162. The standard InChI is InChI=1S/C16H30N2O2/c1-5-14(2)13-16(19)18-10-7-15(8-11-18)20-12-6-9-17(3)4/h13,15H,5-12H2,1-4H3/b14-13+. The lowest BCUT2D eigenvalue weighted by Crippen LogP contribution is -2.40. The summed E-state index contributed by atoms with van der Waals surface area (Å²) in [4.78, 5) is 16.1. The predicted octanol–water partition coefficient (Wildman–Crippen LogP) is 2.30. The fourth-order valence-corrected chi connectivity index (χ4v) is 2.28. The maximum absolute atomic E-state index is 12.0. The Balaban J connectivity index is 2.21. The molecule has 1 aliphatic heterocycles. The maximum atomic E-state index is 12.0. The van der Waals surface area contributed by atoms with E-state index in [4.69, 9.17) is 4.74 Å². The Morgan fingerprint density at radius 1 is 1.35 bits per heavy atom. The van der Waals surface area contributed by atoms with Gasteiger partial charge in [-0.25, -0.2) is 0 Å². The zero-order valence-corrected chi connectivity index (χ0v) is 13.5. The van der Waals surface area contributed by atoms with Crippen LogP contribution in [-0.4, -0.2) is 62.1 Å². The molecule has 0 aliphatic carbocycles. The van der Waals surface area contributed by atoms with Crippen molar-refractivity contribution < 1.29 is 9.53 Å². The number of amides is 1.